The summed E-state index contributed by atoms with van der Waals surface area (Å²) in [7, 11) is 3.12. The standard InChI is InChI=1S/C38H54N6O8/c1-7-8-19-27(32(46)34(48)39-21-28(45)41-29(35(49)43(5)6)23-15-11-9-12-16-23)40-33(47)31-26-20-25(26)22-44(31)36(50)30(24-17-13-10-14-18-24)42-37(51)52-38(2,3)4/h7,9,11-12,15-16,24-27,29-31H,1,8,10,13-14,17-22H2,2-6H3,(H,39,48)(H,40,47)(H,41,45)(H,42,51). The van der Waals surface area contributed by atoms with Crippen molar-refractivity contribution >= 4 is 41.4 Å². The molecule has 4 rings (SSSR count). The maximum atomic E-state index is 14.2. The van der Waals surface area contributed by atoms with Crippen molar-refractivity contribution < 1.29 is 38.3 Å². The fourth-order valence-corrected chi connectivity index (χ4v) is 7.11. The molecule has 6 unspecified atom stereocenters. The van der Waals surface area contributed by atoms with Crippen molar-refractivity contribution in [2.24, 2.45) is 17.8 Å². The molecule has 4 N–H and O–H groups in total. The van der Waals surface area contributed by atoms with E-state index >= 15 is 0 Å². The monoisotopic (exact) mass is 722 g/mol. The number of ether oxygens (including phenoxy) is 1. The molecule has 3 fully saturated rings. The van der Waals surface area contributed by atoms with Crippen LogP contribution < -0.4 is 21.3 Å². The Morgan fingerprint density at radius 1 is 0.981 bits per heavy atom. The van der Waals surface area contributed by atoms with E-state index in [1.165, 1.54) is 9.80 Å². The number of likely N-dealkylation sites (tertiary alicyclic amines) is 1. The molecule has 0 aromatic heterocycles. The second-order valence-electron chi connectivity index (χ2n) is 15.2. The van der Waals surface area contributed by atoms with Crippen LogP contribution in [0.15, 0.2) is 43.0 Å². The largest absolute Gasteiger partial charge is 0.444 e. The third-order valence-electron chi connectivity index (χ3n) is 9.81. The highest BCUT2D eigenvalue weighted by Crippen LogP contribution is 2.50. The molecule has 0 spiro atoms. The van der Waals surface area contributed by atoms with Crippen LogP contribution in [0.1, 0.15) is 83.7 Å². The minimum atomic E-state index is -1.25. The summed E-state index contributed by atoms with van der Waals surface area (Å²) in [6.07, 6.45) is 6.40. The van der Waals surface area contributed by atoms with E-state index < -0.39 is 65.9 Å². The Kier molecular flexibility index (Phi) is 13.6. The molecule has 1 aliphatic heterocycles. The molecule has 284 valence electrons. The van der Waals surface area contributed by atoms with Crippen molar-refractivity contribution in [1.29, 1.82) is 0 Å². The number of fused-ring (bicyclic) bond motifs is 1. The van der Waals surface area contributed by atoms with Crippen LogP contribution in [-0.4, -0.2) is 102 Å². The van der Waals surface area contributed by atoms with Gasteiger partial charge in [-0.25, -0.2) is 4.79 Å². The third-order valence-corrected chi connectivity index (χ3v) is 9.81. The van der Waals surface area contributed by atoms with Gasteiger partial charge in [-0.15, -0.1) is 6.58 Å². The molecule has 3 aliphatic rings. The van der Waals surface area contributed by atoms with Crippen molar-refractivity contribution in [2.75, 3.05) is 27.2 Å². The van der Waals surface area contributed by atoms with Gasteiger partial charge < -0.3 is 35.8 Å². The van der Waals surface area contributed by atoms with Crippen molar-refractivity contribution in [1.82, 2.24) is 31.1 Å². The molecule has 0 bridgehead atoms. The zero-order valence-corrected chi connectivity index (χ0v) is 30.9. The molecular formula is C38H54N6O8. The molecule has 2 aliphatic carbocycles. The van der Waals surface area contributed by atoms with Gasteiger partial charge in [0.05, 0.1) is 12.6 Å². The van der Waals surface area contributed by atoms with Crippen LogP contribution in [0.4, 0.5) is 4.79 Å². The lowest BCUT2D eigenvalue weighted by molar-refractivity contribution is -0.144. The number of benzene rings is 1. The van der Waals surface area contributed by atoms with Crippen LogP contribution in [-0.2, 0) is 33.5 Å². The predicted molar refractivity (Wildman–Crippen MR) is 192 cm³/mol. The fourth-order valence-electron chi connectivity index (χ4n) is 7.11. The second-order valence-corrected chi connectivity index (χ2v) is 15.2. The Morgan fingerprint density at radius 3 is 2.27 bits per heavy atom. The lowest BCUT2D eigenvalue weighted by Crippen LogP contribution is -2.59. The van der Waals surface area contributed by atoms with Gasteiger partial charge in [0.25, 0.3) is 5.91 Å². The number of nitrogens with one attached hydrogen (secondary N) is 4. The van der Waals surface area contributed by atoms with E-state index in [2.05, 4.69) is 27.8 Å². The van der Waals surface area contributed by atoms with Gasteiger partial charge >= 0.3 is 6.09 Å². The summed E-state index contributed by atoms with van der Waals surface area (Å²) < 4.78 is 5.48. The maximum Gasteiger partial charge on any atom is 0.408 e. The topological polar surface area (TPSA) is 183 Å². The number of rotatable bonds is 15. The lowest BCUT2D eigenvalue weighted by Gasteiger charge is -2.36. The van der Waals surface area contributed by atoms with Crippen molar-refractivity contribution in [3.05, 3.63) is 48.6 Å². The average molecular weight is 723 g/mol. The number of allylic oxidation sites excluding steroid dienone is 1. The Balaban J connectivity index is 1.42. The van der Waals surface area contributed by atoms with Gasteiger partial charge in [-0.2, -0.15) is 0 Å². The van der Waals surface area contributed by atoms with Crippen LogP contribution in [0.3, 0.4) is 0 Å². The van der Waals surface area contributed by atoms with Crippen LogP contribution in [0.5, 0.6) is 0 Å². The first-order chi connectivity index (χ1) is 24.6. The number of nitrogens with zero attached hydrogens (tertiary/aromatic N) is 2. The van der Waals surface area contributed by atoms with Gasteiger partial charge in [0.2, 0.25) is 29.4 Å². The molecule has 52 heavy (non-hydrogen) atoms. The SMILES string of the molecule is C=CCCC(NC(=O)C1C2CC2CN1C(=O)C(NC(=O)OC(C)(C)C)C1CCCCC1)C(=O)C(=O)NCC(=O)NC(C(=O)N(C)C)c1ccccc1. The van der Waals surface area contributed by atoms with Crippen LogP contribution >= 0.6 is 0 Å². The van der Waals surface area contributed by atoms with E-state index in [9.17, 15) is 33.6 Å². The number of ketones is 1. The third kappa shape index (κ3) is 10.6. The Morgan fingerprint density at radius 2 is 1.65 bits per heavy atom. The first-order valence-electron chi connectivity index (χ1n) is 18.2. The summed E-state index contributed by atoms with van der Waals surface area (Å²) >= 11 is 0. The number of piperidine rings is 1. The highest BCUT2D eigenvalue weighted by molar-refractivity contribution is 6.38. The molecule has 14 heteroatoms. The highest BCUT2D eigenvalue weighted by atomic mass is 16.6. The van der Waals surface area contributed by atoms with Gasteiger partial charge in [-0.3, -0.25) is 28.8 Å². The molecule has 1 heterocycles. The minimum Gasteiger partial charge on any atom is -0.444 e. The normalized spacial score (nSPS) is 21.3. The van der Waals surface area contributed by atoms with Crippen molar-refractivity contribution in [3.8, 4) is 0 Å². The Hall–Kier alpha value is -4.75. The second kappa shape index (κ2) is 17.6. The molecule has 0 radical (unpaired) electrons. The van der Waals surface area contributed by atoms with Gasteiger partial charge in [-0.1, -0.05) is 55.7 Å². The molecule has 6 amide bonds. The number of hydrogen-bond donors (Lipinski definition) is 4. The molecule has 6 atom stereocenters. The lowest BCUT2D eigenvalue weighted by atomic mass is 9.83. The zero-order chi connectivity index (χ0) is 38.2. The first-order valence-corrected chi connectivity index (χ1v) is 18.2. The van der Waals surface area contributed by atoms with E-state index in [0.29, 0.717) is 18.5 Å². The number of carbonyl (C=O) groups is 7. The highest BCUT2D eigenvalue weighted by Gasteiger charge is 2.58. The summed E-state index contributed by atoms with van der Waals surface area (Å²) in [6, 6.07) is 4.63. The number of alkyl carbamates (subject to hydrolysis) is 1. The smallest absolute Gasteiger partial charge is 0.408 e. The van der Waals surface area contributed by atoms with Crippen LogP contribution in [0.25, 0.3) is 0 Å². The summed E-state index contributed by atoms with van der Waals surface area (Å²) in [4.78, 5) is 96.0. The van der Waals surface area contributed by atoms with Crippen LogP contribution in [0.2, 0.25) is 0 Å². The van der Waals surface area contributed by atoms with Crippen molar-refractivity contribution in [3.63, 3.8) is 0 Å². The van der Waals surface area contributed by atoms with Gasteiger partial charge in [-0.05, 0) is 76.2 Å². The molecule has 1 saturated heterocycles. The average Bonchev–Trinajstić information content (AvgIpc) is 3.77. The Labute approximate surface area is 305 Å². The number of Topliss-reactive ketones (excluding diaryl/α,β-unsaturated/α-hetero) is 1. The first kappa shape index (κ1) is 40.0. The van der Waals surface area contributed by atoms with Crippen molar-refractivity contribution in [2.45, 2.75) is 102 Å². The quantitative estimate of drug-likeness (QED) is 0.157. The summed E-state index contributed by atoms with van der Waals surface area (Å²) in [6.45, 7) is 8.68. The predicted octanol–water partition coefficient (Wildman–Crippen LogP) is 2.39. The molecule has 1 aromatic rings. The number of amides is 6. The van der Waals surface area contributed by atoms with Gasteiger partial charge in [0, 0.05) is 20.6 Å². The molecule has 2 saturated carbocycles. The van der Waals surface area contributed by atoms with E-state index in [0.717, 1.165) is 38.5 Å². The number of likely N-dealkylation sites (N-methyl/N-ethyl adjacent to an activating group) is 1. The number of hydrogen-bond acceptors (Lipinski definition) is 8. The van der Waals surface area contributed by atoms with Gasteiger partial charge in [0.1, 0.15) is 23.7 Å². The molecular weight excluding hydrogens is 668 g/mol. The van der Waals surface area contributed by atoms with Crippen LogP contribution in [0, 0.1) is 17.8 Å². The Bertz CT molecular complexity index is 1500. The fraction of sp³-hybridized carbons (Fsp3) is 0.605. The van der Waals surface area contributed by atoms with E-state index in [1.54, 1.807) is 71.3 Å². The summed E-state index contributed by atoms with van der Waals surface area (Å²) in [5.41, 5.74) is -0.215. The number of carbonyl (C=O) groups excluding carboxylic acids is 7. The van der Waals surface area contributed by atoms with E-state index in [4.69, 9.17) is 4.74 Å². The van der Waals surface area contributed by atoms with E-state index in [-0.39, 0.29) is 36.0 Å². The zero-order valence-electron chi connectivity index (χ0n) is 30.9. The van der Waals surface area contributed by atoms with E-state index in [1.807, 2.05) is 0 Å². The van der Waals surface area contributed by atoms with Gasteiger partial charge in [0.15, 0.2) is 0 Å². The minimum absolute atomic E-state index is 0.0702. The molecule has 14 nitrogen and oxygen atoms in total. The summed E-state index contributed by atoms with van der Waals surface area (Å²) in [5.74, 6) is -4.11. The summed E-state index contributed by atoms with van der Waals surface area (Å²) in [5, 5.41) is 10.5. The maximum absolute atomic E-state index is 14.2. The molecule has 1 aromatic carbocycles.